The van der Waals surface area contributed by atoms with Crippen molar-refractivity contribution in [2.45, 2.75) is 44.7 Å². The van der Waals surface area contributed by atoms with Crippen molar-refractivity contribution in [3.63, 3.8) is 0 Å². The van der Waals surface area contributed by atoms with Crippen molar-refractivity contribution < 1.29 is 19.0 Å². The summed E-state index contributed by atoms with van der Waals surface area (Å²) < 4.78 is 17.7. The number of likely N-dealkylation sites (tertiary alicyclic amines) is 1. The number of ether oxygens (including phenoxy) is 3. The van der Waals surface area contributed by atoms with Gasteiger partial charge in [-0.3, -0.25) is 9.69 Å². The molecule has 0 saturated carbocycles. The van der Waals surface area contributed by atoms with Gasteiger partial charge in [0.1, 0.15) is 12.4 Å². The van der Waals surface area contributed by atoms with Crippen LogP contribution in [0, 0.1) is 0 Å². The average molecular weight is 465 g/mol. The maximum atomic E-state index is 13.0. The van der Waals surface area contributed by atoms with Crippen molar-refractivity contribution in [3.8, 4) is 5.75 Å². The van der Waals surface area contributed by atoms with Crippen LogP contribution in [0.1, 0.15) is 52.7 Å². The van der Waals surface area contributed by atoms with E-state index < -0.39 is 0 Å². The van der Waals surface area contributed by atoms with Crippen molar-refractivity contribution in [1.82, 2.24) is 9.80 Å². The Hall–Kier alpha value is -2.41. The van der Waals surface area contributed by atoms with Crippen LogP contribution < -0.4 is 4.74 Å². The Labute approximate surface area is 202 Å². The monoisotopic (exact) mass is 464 g/mol. The lowest BCUT2D eigenvalue weighted by Gasteiger charge is -2.34. The number of nitrogens with zero attached hydrogens (tertiary/aromatic N) is 2. The highest BCUT2D eigenvalue weighted by Gasteiger charge is 2.23. The molecule has 2 bridgehead atoms. The largest absolute Gasteiger partial charge is 0.491 e. The van der Waals surface area contributed by atoms with Gasteiger partial charge in [-0.1, -0.05) is 24.3 Å². The highest BCUT2D eigenvalue weighted by Crippen LogP contribution is 2.26. The summed E-state index contributed by atoms with van der Waals surface area (Å²) in [5, 5.41) is 0. The first kappa shape index (κ1) is 23.3. The second-order valence-electron chi connectivity index (χ2n) is 9.59. The number of carbonyl (C=O) groups is 1. The van der Waals surface area contributed by atoms with Gasteiger partial charge in [-0.2, -0.15) is 0 Å². The zero-order chi connectivity index (χ0) is 23.2. The van der Waals surface area contributed by atoms with Crippen LogP contribution >= 0.6 is 0 Å². The van der Waals surface area contributed by atoms with Crippen LogP contribution in [0.5, 0.6) is 5.75 Å². The van der Waals surface area contributed by atoms with E-state index in [4.69, 9.17) is 14.2 Å². The first-order valence-corrected chi connectivity index (χ1v) is 12.8. The molecule has 6 nitrogen and oxygen atoms in total. The van der Waals surface area contributed by atoms with Gasteiger partial charge in [-0.05, 0) is 60.6 Å². The molecule has 2 saturated heterocycles. The molecule has 0 aliphatic carbocycles. The molecule has 0 N–H and O–H groups in total. The predicted octanol–water partition coefficient (Wildman–Crippen LogP) is 3.90. The molecule has 3 aliphatic rings. The van der Waals surface area contributed by atoms with E-state index in [9.17, 15) is 4.79 Å². The number of benzene rings is 2. The normalized spacial score (nSPS) is 20.9. The lowest BCUT2D eigenvalue weighted by molar-refractivity contribution is 0.0133. The van der Waals surface area contributed by atoms with E-state index in [0.29, 0.717) is 25.9 Å². The standard InChI is InChI=1S/C28H36N2O4/c31-28(29-10-1-2-11-29)24-6-7-27-25(20-24)19-22-4-3-5-23(18-22)21-30(12-15-33-16-17-34-27)26-8-13-32-14-9-26/h3-7,18,20,26H,1-2,8-17,19,21H2. The van der Waals surface area contributed by atoms with Crippen LogP contribution in [0.4, 0.5) is 0 Å². The van der Waals surface area contributed by atoms with E-state index in [1.165, 1.54) is 11.1 Å². The maximum Gasteiger partial charge on any atom is 0.253 e. The van der Waals surface area contributed by atoms with Crippen molar-refractivity contribution in [3.05, 3.63) is 64.7 Å². The van der Waals surface area contributed by atoms with Gasteiger partial charge in [-0.25, -0.2) is 0 Å². The van der Waals surface area contributed by atoms with Gasteiger partial charge in [0.25, 0.3) is 5.91 Å². The minimum absolute atomic E-state index is 0.129. The fourth-order valence-corrected chi connectivity index (χ4v) is 5.32. The Balaban J connectivity index is 1.40. The molecule has 182 valence electrons. The molecule has 0 radical (unpaired) electrons. The second-order valence-corrected chi connectivity index (χ2v) is 9.59. The van der Waals surface area contributed by atoms with Gasteiger partial charge < -0.3 is 19.1 Å². The van der Waals surface area contributed by atoms with Crippen molar-refractivity contribution in [2.75, 3.05) is 52.7 Å². The fourth-order valence-electron chi connectivity index (χ4n) is 5.32. The molecule has 0 unspecified atom stereocenters. The summed E-state index contributed by atoms with van der Waals surface area (Å²) in [6.45, 7) is 6.97. The van der Waals surface area contributed by atoms with Gasteiger partial charge in [0.2, 0.25) is 0 Å². The second kappa shape index (κ2) is 11.3. The van der Waals surface area contributed by atoms with Gasteiger partial charge in [0, 0.05) is 57.4 Å². The quantitative estimate of drug-likeness (QED) is 0.675. The molecule has 34 heavy (non-hydrogen) atoms. The van der Waals surface area contributed by atoms with Gasteiger partial charge >= 0.3 is 0 Å². The third-order valence-electron chi connectivity index (χ3n) is 7.19. The molecule has 2 aromatic rings. The molecule has 1 amide bonds. The van der Waals surface area contributed by atoms with Crippen LogP contribution in [0.2, 0.25) is 0 Å². The Morgan fingerprint density at radius 3 is 2.47 bits per heavy atom. The molecule has 5 rings (SSSR count). The first-order chi connectivity index (χ1) is 16.8. The van der Waals surface area contributed by atoms with Gasteiger partial charge in [-0.15, -0.1) is 0 Å². The molecule has 6 heteroatoms. The maximum absolute atomic E-state index is 13.0. The Bertz CT molecular complexity index is 967. The Morgan fingerprint density at radius 1 is 0.824 bits per heavy atom. The van der Waals surface area contributed by atoms with Crippen molar-refractivity contribution >= 4 is 5.91 Å². The summed E-state index contributed by atoms with van der Waals surface area (Å²) in [4.78, 5) is 17.5. The number of hydrogen-bond acceptors (Lipinski definition) is 5. The molecule has 2 aromatic carbocycles. The highest BCUT2D eigenvalue weighted by atomic mass is 16.5. The lowest BCUT2D eigenvalue weighted by Crippen LogP contribution is -2.41. The van der Waals surface area contributed by atoms with Gasteiger partial charge in [0.05, 0.1) is 13.2 Å². The minimum Gasteiger partial charge on any atom is -0.491 e. The van der Waals surface area contributed by atoms with Crippen LogP contribution in [0.15, 0.2) is 42.5 Å². The first-order valence-electron chi connectivity index (χ1n) is 12.8. The molecular formula is C28H36N2O4. The molecule has 3 heterocycles. The van der Waals surface area contributed by atoms with E-state index in [2.05, 4.69) is 29.2 Å². The van der Waals surface area contributed by atoms with Crippen LogP contribution in [0.3, 0.4) is 0 Å². The molecule has 3 aliphatic heterocycles. The fraction of sp³-hybridized carbons (Fsp3) is 0.536. The smallest absolute Gasteiger partial charge is 0.253 e. The Morgan fingerprint density at radius 2 is 1.62 bits per heavy atom. The summed E-state index contributed by atoms with van der Waals surface area (Å²) in [5.74, 6) is 0.969. The summed E-state index contributed by atoms with van der Waals surface area (Å²) >= 11 is 0. The molecule has 0 spiro atoms. The SMILES string of the molecule is O=C(c1ccc2c(c1)Cc1cccc(c1)CN(C1CCOCC1)CCOCCO2)N1CCCC1. The number of carbonyl (C=O) groups excluding carboxylic acids is 1. The van der Waals surface area contributed by atoms with E-state index in [0.717, 1.165) is 88.4 Å². The molecule has 2 fully saturated rings. The topological polar surface area (TPSA) is 51.2 Å². The van der Waals surface area contributed by atoms with Crippen LogP contribution in [-0.4, -0.2) is 74.4 Å². The molecular weight excluding hydrogens is 428 g/mol. The third kappa shape index (κ3) is 5.80. The number of hydrogen-bond donors (Lipinski definition) is 0. The average Bonchev–Trinajstić information content (AvgIpc) is 3.41. The van der Waals surface area contributed by atoms with E-state index in [1.807, 2.05) is 23.1 Å². The van der Waals surface area contributed by atoms with E-state index >= 15 is 0 Å². The van der Waals surface area contributed by atoms with E-state index in [1.54, 1.807) is 0 Å². The molecule has 0 aromatic heterocycles. The third-order valence-corrected chi connectivity index (χ3v) is 7.19. The summed E-state index contributed by atoms with van der Waals surface area (Å²) in [6.07, 6.45) is 5.07. The van der Waals surface area contributed by atoms with Crippen LogP contribution in [-0.2, 0) is 22.4 Å². The lowest BCUT2D eigenvalue weighted by atomic mass is 9.99. The molecule has 0 atom stereocenters. The summed E-state index contributed by atoms with van der Waals surface area (Å²) in [6, 6.07) is 15.3. The summed E-state index contributed by atoms with van der Waals surface area (Å²) in [5.41, 5.74) is 4.37. The van der Waals surface area contributed by atoms with E-state index in [-0.39, 0.29) is 5.91 Å². The highest BCUT2D eigenvalue weighted by molar-refractivity contribution is 5.94. The number of rotatable bonds is 2. The van der Waals surface area contributed by atoms with Gasteiger partial charge in [0.15, 0.2) is 0 Å². The predicted molar refractivity (Wildman–Crippen MR) is 131 cm³/mol. The Kier molecular flexibility index (Phi) is 7.79. The minimum atomic E-state index is 0.129. The zero-order valence-corrected chi connectivity index (χ0v) is 20.0. The van der Waals surface area contributed by atoms with Crippen LogP contribution in [0.25, 0.3) is 0 Å². The summed E-state index contributed by atoms with van der Waals surface area (Å²) in [7, 11) is 0. The van der Waals surface area contributed by atoms with Crippen molar-refractivity contribution in [2.24, 2.45) is 0 Å². The van der Waals surface area contributed by atoms with Crippen molar-refractivity contribution in [1.29, 1.82) is 0 Å². The number of fused-ring (bicyclic) bond motifs is 3. The zero-order valence-electron chi connectivity index (χ0n) is 20.0. The number of amides is 1.